The van der Waals surface area contributed by atoms with Crippen molar-refractivity contribution in [3.05, 3.63) is 59.9 Å². The zero-order chi connectivity index (χ0) is 29.7. The summed E-state index contributed by atoms with van der Waals surface area (Å²) in [6, 6.07) is 13.3. The van der Waals surface area contributed by atoms with Crippen LogP contribution in [0.5, 0.6) is 0 Å². The number of hydrogen-bond donors (Lipinski definition) is 2. The first kappa shape index (κ1) is 28.6. The summed E-state index contributed by atoms with van der Waals surface area (Å²) in [5.41, 5.74) is 3.43. The molecule has 0 atom stereocenters. The zero-order valence-electron chi connectivity index (χ0n) is 25.6. The Morgan fingerprint density at radius 1 is 0.902 bits per heavy atom. The predicted octanol–water partition coefficient (Wildman–Crippen LogP) is 5.85. The summed E-state index contributed by atoms with van der Waals surface area (Å²) in [6.07, 6.45) is 1.67. The third kappa shape index (κ3) is 5.54. The number of amides is 3. The molecule has 2 aromatic heterocycles. The van der Waals surface area contributed by atoms with Gasteiger partial charge in [0.25, 0.3) is 0 Å². The molecule has 5 rings (SSSR count). The molecule has 0 bridgehead atoms. The van der Waals surface area contributed by atoms with E-state index in [0.29, 0.717) is 24.6 Å². The molecule has 0 unspecified atom stereocenters. The van der Waals surface area contributed by atoms with Gasteiger partial charge in [0.15, 0.2) is 0 Å². The highest BCUT2D eigenvalue weighted by molar-refractivity contribution is 5.99. The molecule has 0 spiro atoms. The van der Waals surface area contributed by atoms with Gasteiger partial charge in [0, 0.05) is 43.6 Å². The molecule has 1 aliphatic heterocycles. The quantitative estimate of drug-likeness (QED) is 0.411. The van der Waals surface area contributed by atoms with Gasteiger partial charge < -0.3 is 15.1 Å². The fraction of sp³-hybridized carbons (Fsp3) is 0.500. The Balaban J connectivity index is 1.20. The van der Waals surface area contributed by atoms with Crippen molar-refractivity contribution >= 4 is 29.3 Å². The number of anilines is 3. The summed E-state index contributed by atoms with van der Waals surface area (Å²) in [6.45, 7) is 19.9. The van der Waals surface area contributed by atoms with E-state index in [4.69, 9.17) is 5.10 Å². The number of rotatable bonds is 5. The van der Waals surface area contributed by atoms with Crippen LogP contribution in [0.2, 0.25) is 0 Å². The van der Waals surface area contributed by atoms with Crippen LogP contribution < -0.4 is 15.5 Å². The lowest BCUT2D eigenvalue weighted by Gasteiger charge is -2.36. The van der Waals surface area contributed by atoms with Gasteiger partial charge in [0.1, 0.15) is 11.6 Å². The molecule has 3 amide bonds. The number of carbonyl (C=O) groups excluding carboxylic acids is 2. The van der Waals surface area contributed by atoms with E-state index in [9.17, 15) is 9.59 Å². The van der Waals surface area contributed by atoms with Crippen LogP contribution in [0.4, 0.5) is 22.1 Å². The van der Waals surface area contributed by atoms with Crippen molar-refractivity contribution in [2.24, 2.45) is 16.7 Å². The predicted molar refractivity (Wildman–Crippen MR) is 164 cm³/mol. The van der Waals surface area contributed by atoms with Gasteiger partial charge in [-0.2, -0.15) is 5.10 Å². The Hall–Kier alpha value is -3.88. The van der Waals surface area contributed by atoms with Gasteiger partial charge in [0.2, 0.25) is 5.91 Å². The van der Waals surface area contributed by atoms with Crippen LogP contribution in [0.15, 0.2) is 48.7 Å². The fourth-order valence-corrected chi connectivity index (χ4v) is 5.80. The van der Waals surface area contributed by atoms with Crippen molar-refractivity contribution in [3.63, 3.8) is 0 Å². The molecular weight excluding hydrogens is 514 g/mol. The number of hydrogen-bond acceptors (Lipinski definition) is 5. The largest absolute Gasteiger partial charge is 0.353 e. The first-order valence-electron chi connectivity index (χ1n) is 14.4. The van der Waals surface area contributed by atoms with E-state index in [2.05, 4.69) is 69.0 Å². The minimum atomic E-state index is -0.369. The second-order valence-electron chi connectivity index (χ2n) is 13.6. The van der Waals surface area contributed by atoms with Crippen molar-refractivity contribution in [2.45, 2.75) is 60.8 Å². The molecule has 3 heterocycles. The number of piperazine rings is 1. The molecule has 3 aromatic rings. The van der Waals surface area contributed by atoms with Crippen LogP contribution in [-0.4, -0.2) is 57.8 Å². The molecule has 1 saturated heterocycles. The molecule has 1 aliphatic carbocycles. The first-order valence-corrected chi connectivity index (χ1v) is 14.4. The number of urea groups is 1. The highest BCUT2D eigenvalue weighted by atomic mass is 16.2. The molecule has 41 heavy (non-hydrogen) atoms. The normalized spacial score (nSPS) is 18.2. The number of pyridine rings is 1. The van der Waals surface area contributed by atoms with Gasteiger partial charge in [-0.3, -0.25) is 10.1 Å². The van der Waals surface area contributed by atoms with E-state index >= 15 is 0 Å². The Morgan fingerprint density at radius 2 is 1.54 bits per heavy atom. The number of aromatic nitrogens is 3. The number of nitrogens with zero attached hydrogens (tertiary/aromatic N) is 5. The maximum absolute atomic E-state index is 13.1. The second kappa shape index (κ2) is 10.2. The second-order valence-corrected chi connectivity index (χ2v) is 13.6. The lowest BCUT2D eigenvalue weighted by molar-refractivity contribution is -0.134. The molecule has 0 radical (unpaired) electrons. The summed E-state index contributed by atoms with van der Waals surface area (Å²) in [5, 5.41) is 10.6. The highest BCUT2D eigenvalue weighted by Gasteiger charge is 2.68. The Labute approximate surface area is 243 Å². The lowest BCUT2D eigenvalue weighted by Crippen LogP contribution is -2.50. The summed E-state index contributed by atoms with van der Waals surface area (Å²) < 4.78 is 1.76. The fourth-order valence-electron chi connectivity index (χ4n) is 5.80. The number of benzene rings is 1. The molecular formula is C32H43N7O2. The van der Waals surface area contributed by atoms with E-state index in [1.807, 2.05) is 54.3 Å². The average Bonchev–Trinajstić information content (AvgIpc) is 3.17. The van der Waals surface area contributed by atoms with Crippen LogP contribution in [0.1, 0.15) is 59.7 Å². The van der Waals surface area contributed by atoms with E-state index in [-0.39, 0.29) is 34.1 Å². The summed E-state index contributed by atoms with van der Waals surface area (Å²) >= 11 is 0. The van der Waals surface area contributed by atoms with Crippen LogP contribution in [0.3, 0.4) is 0 Å². The molecule has 2 N–H and O–H groups in total. The van der Waals surface area contributed by atoms with E-state index in [1.54, 1.807) is 10.9 Å². The van der Waals surface area contributed by atoms with Gasteiger partial charge in [-0.1, -0.05) is 66.2 Å². The van der Waals surface area contributed by atoms with E-state index < -0.39 is 0 Å². The summed E-state index contributed by atoms with van der Waals surface area (Å²) in [7, 11) is 0. The van der Waals surface area contributed by atoms with Crippen molar-refractivity contribution in [1.82, 2.24) is 19.7 Å². The third-order valence-electron chi connectivity index (χ3n) is 9.19. The highest BCUT2D eigenvalue weighted by Crippen LogP contribution is 2.68. The van der Waals surface area contributed by atoms with Crippen molar-refractivity contribution in [2.75, 3.05) is 41.7 Å². The van der Waals surface area contributed by atoms with Crippen molar-refractivity contribution in [1.29, 1.82) is 0 Å². The maximum atomic E-state index is 13.1. The summed E-state index contributed by atoms with van der Waals surface area (Å²) in [5.74, 6) is 1.79. The molecule has 1 saturated carbocycles. The molecule has 2 aliphatic rings. The van der Waals surface area contributed by atoms with Crippen LogP contribution in [0.25, 0.3) is 5.69 Å². The first-order chi connectivity index (χ1) is 19.2. The van der Waals surface area contributed by atoms with Gasteiger partial charge in [0.05, 0.1) is 23.3 Å². The SMILES string of the molecule is Cc1ccc(-n2nc(C(C)(C)C)cc2NC(=O)Nc2ccc(N3CCN(C(=O)C4C(C)(C)C4(C)C)CC3)nc2)cc1. The molecule has 9 nitrogen and oxygen atoms in total. The summed E-state index contributed by atoms with van der Waals surface area (Å²) in [4.78, 5) is 34.9. The Morgan fingerprint density at radius 3 is 2.07 bits per heavy atom. The van der Waals surface area contributed by atoms with Gasteiger partial charge >= 0.3 is 6.03 Å². The maximum Gasteiger partial charge on any atom is 0.324 e. The van der Waals surface area contributed by atoms with Gasteiger partial charge in [-0.15, -0.1) is 0 Å². The Kier molecular flexibility index (Phi) is 7.12. The van der Waals surface area contributed by atoms with Gasteiger partial charge in [-0.25, -0.2) is 14.5 Å². The van der Waals surface area contributed by atoms with E-state index in [0.717, 1.165) is 35.9 Å². The van der Waals surface area contributed by atoms with Crippen molar-refractivity contribution in [3.8, 4) is 5.69 Å². The minimum absolute atomic E-state index is 0.0487. The minimum Gasteiger partial charge on any atom is -0.353 e. The van der Waals surface area contributed by atoms with Crippen LogP contribution in [0, 0.1) is 23.7 Å². The molecule has 9 heteroatoms. The van der Waals surface area contributed by atoms with Gasteiger partial charge in [-0.05, 0) is 42.0 Å². The molecule has 1 aromatic carbocycles. The third-order valence-corrected chi connectivity index (χ3v) is 9.19. The topological polar surface area (TPSA) is 95.4 Å². The number of carbonyl (C=O) groups is 2. The zero-order valence-corrected chi connectivity index (χ0v) is 25.6. The van der Waals surface area contributed by atoms with E-state index in [1.165, 1.54) is 0 Å². The lowest BCUT2D eigenvalue weighted by atomic mass is 9.92. The number of nitrogens with one attached hydrogen (secondary N) is 2. The monoisotopic (exact) mass is 557 g/mol. The molecule has 218 valence electrons. The van der Waals surface area contributed by atoms with Crippen LogP contribution in [-0.2, 0) is 10.2 Å². The Bertz CT molecular complexity index is 1410. The van der Waals surface area contributed by atoms with Crippen molar-refractivity contribution < 1.29 is 9.59 Å². The smallest absolute Gasteiger partial charge is 0.324 e. The van der Waals surface area contributed by atoms with Crippen LogP contribution >= 0.6 is 0 Å². The standard InChI is InChI=1S/C32H43N7O2/c1-21-9-12-23(13-10-21)39-26(19-24(36-39)30(2,3)4)35-29(41)34-22-11-14-25(33-20-22)37-15-17-38(18-16-37)28(40)27-31(5,6)32(27,7)8/h9-14,19-20,27H,15-18H2,1-8H3,(H2,34,35,41). The number of aryl methyl sites for hydroxylation is 1. The average molecular weight is 558 g/mol. The molecule has 2 fully saturated rings.